The molecule has 0 radical (unpaired) electrons. The Hall–Kier alpha value is -2.24. The number of hydrogen-bond donors (Lipinski definition) is 1. The average molecular weight is 340 g/mol. The Bertz CT molecular complexity index is 780. The molecule has 0 aromatic heterocycles. The van der Waals surface area contributed by atoms with Crippen LogP contribution in [0.15, 0.2) is 48.5 Å². The first kappa shape index (κ1) is 16.2. The maximum atomic E-state index is 14.0. The standard InChI is InChI=1S/C20H21FN2O2/c21-17-8-4-3-7-16(17)19-13-23(9-10-25-19)20(24)18-11-14-5-1-2-6-15(14)12-22-18/h1-8,18-19,22H,9-13H2. The van der Waals surface area contributed by atoms with E-state index < -0.39 is 6.10 Å². The maximum Gasteiger partial charge on any atom is 0.240 e. The molecule has 2 aliphatic heterocycles. The lowest BCUT2D eigenvalue weighted by molar-refractivity contribution is -0.141. The zero-order chi connectivity index (χ0) is 17.2. The third-order valence-electron chi connectivity index (χ3n) is 5.01. The summed E-state index contributed by atoms with van der Waals surface area (Å²) in [5.74, 6) is -0.217. The minimum Gasteiger partial charge on any atom is -0.370 e. The number of nitrogens with zero attached hydrogens (tertiary/aromatic N) is 1. The SMILES string of the molecule is O=C(C1Cc2ccccc2CN1)N1CCOC(c2ccccc2F)C1. The second kappa shape index (κ2) is 6.94. The summed E-state index contributed by atoms with van der Waals surface area (Å²) in [5, 5.41) is 3.33. The van der Waals surface area contributed by atoms with Gasteiger partial charge in [-0.1, -0.05) is 42.5 Å². The first-order chi connectivity index (χ1) is 12.2. The number of benzene rings is 2. The van der Waals surface area contributed by atoms with Crippen LogP contribution in [-0.4, -0.2) is 36.5 Å². The van der Waals surface area contributed by atoms with Gasteiger partial charge in [-0.25, -0.2) is 4.39 Å². The fraction of sp³-hybridized carbons (Fsp3) is 0.350. The van der Waals surface area contributed by atoms with E-state index >= 15 is 0 Å². The number of halogens is 1. The van der Waals surface area contributed by atoms with Gasteiger partial charge in [-0.2, -0.15) is 0 Å². The fourth-order valence-corrected chi connectivity index (χ4v) is 3.62. The van der Waals surface area contributed by atoms with Gasteiger partial charge in [0, 0.05) is 18.7 Å². The van der Waals surface area contributed by atoms with Gasteiger partial charge in [0.2, 0.25) is 5.91 Å². The molecule has 25 heavy (non-hydrogen) atoms. The minimum absolute atomic E-state index is 0.0687. The summed E-state index contributed by atoms with van der Waals surface area (Å²) < 4.78 is 19.7. The van der Waals surface area contributed by atoms with Crippen molar-refractivity contribution in [2.45, 2.75) is 25.1 Å². The lowest BCUT2D eigenvalue weighted by Crippen LogP contribution is -2.53. The van der Waals surface area contributed by atoms with Gasteiger partial charge in [-0.05, 0) is 23.6 Å². The van der Waals surface area contributed by atoms with Crippen molar-refractivity contribution in [1.82, 2.24) is 10.2 Å². The number of rotatable bonds is 2. The molecular formula is C20H21FN2O2. The summed E-state index contributed by atoms with van der Waals surface area (Å²) in [4.78, 5) is 14.7. The molecule has 0 saturated carbocycles. The third-order valence-corrected chi connectivity index (χ3v) is 5.01. The zero-order valence-corrected chi connectivity index (χ0v) is 14.0. The molecule has 2 aromatic rings. The molecular weight excluding hydrogens is 319 g/mol. The molecule has 4 rings (SSSR count). The van der Waals surface area contributed by atoms with Crippen molar-refractivity contribution in [3.63, 3.8) is 0 Å². The Morgan fingerprint density at radius 3 is 2.72 bits per heavy atom. The number of ether oxygens (including phenoxy) is 1. The number of nitrogens with one attached hydrogen (secondary N) is 1. The predicted molar refractivity (Wildman–Crippen MR) is 92.4 cm³/mol. The molecule has 2 heterocycles. The molecule has 2 unspecified atom stereocenters. The molecule has 0 bridgehead atoms. The largest absolute Gasteiger partial charge is 0.370 e. The van der Waals surface area contributed by atoms with Crippen molar-refractivity contribution in [3.05, 3.63) is 71.0 Å². The quantitative estimate of drug-likeness (QED) is 0.913. The van der Waals surface area contributed by atoms with Crippen LogP contribution < -0.4 is 5.32 Å². The van der Waals surface area contributed by atoms with Gasteiger partial charge in [-0.15, -0.1) is 0 Å². The van der Waals surface area contributed by atoms with Crippen LogP contribution >= 0.6 is 0 Å². The molecule has 2 aromatic carbocycles. The van der Waals surface area contributed by atoms with Crippen LogP contribution in [0.3, 0.4) is 0 Å². The molecule has 2 aliphatic rings. The predicted octanol–water partition coefficient (Wildman–Crippen LogP) is 2.44. The second-order valence-electron chi connectivity index (χ2n) is 6.57. The van der Waals surface area contributed by atoms with Crippen molar-refractivity contribution < 1.29 is 13.9 Å². The Balaban J connectivity index is 1.47. The highest BCUT2D eigenvalue weighted by molar-refractivity contribution is 5.82. The summed E-state index contributed by atoms with van der Waals surface area (Å²) in [7, 11) is 0. The Labute approximate surface area is 146 Å². The van der Waals surface area contributed by atoms with E-state index in [2.05, 4.69) is 17.4 Å². The number of fused-ring (bicyclic) bond motifs is 1. The van der Waals surface area contributed by atoms with Gasteiger partial charge >= 0.3 is 0 Å². The van der Waals surface area contributed by atoms with Crippen molar-refractivity contribution in [3.8, 4) is 0 Å². The first-order valence-electron chi connectivity index (χ1n) is 8.67. The molecule has 130 valence electrons. The Kier molecular flexibility index (Phi) is 4.51. The van der Waals surface area contributed by atoms with E-state index in [0.29, 0.717) is 38.2 Å². The molecule has 0 aliphatic carbocycles. The van der Waals surface area contributed by atoms with Gasteiger partial charge in [0.1, 0.15) is 11.9 Å². The number of carbonyl (C=O) groups excluding carboxylic acids is 1. The van der Waals surface area contributed by atoms with Gasteiger partial charge in [0.15, 0.2) is 0 Å². The van der Waals surface area contributed by atoms with E-state index in [9.17, 15) is 9.18 Å². The molecule has 1 saturated heterocycles. The van der Waals surface area contributed by atoms with E-state index in [4.69, 9.17) is 4.74 Å². The lowest BCUT2D eigenvalue weighted by Gasteiger charge is -2.36. The molecule has 1 amide bonds. The number of morpholine rings is 1. The van der Waals surface area contributed by atoms with E-state index in [1.807, 2.05) is 12.1 Å². The Morgan fingerprint density at radius 2 is 1.88 bits per heavy atom. The molecule has 5 heteroatoms. The summed E-state index contributed by atoms with van der Waals surface area (Å²) >= 11 is 0. The highest BCUT2D eigenvalue weighted by atomic mass is 19.1. The van der Waals surface area contributed by atoms with Gasteiger partial charge in [0.05, 0.1) is 19.2 Å². The molecule has 1 fully saturated rings. The van der Waals surface area contributed by atoms with Crippen LogP contribution in [0.2, 0.25) is 0 Å². The van der Waals surface area contributed by atoms with E-state index in [0.717, 1.165) is 0 Å². The van der Waals surface area contributed by atoms with Gasteiger partial charge in [0.25, 0.3) is 0 Å². The van der Waals surface area contributed by atoms with Crippen molar-refractivity contribution in [2.24, 2.45) is 0 Å². The number of carbonyl (C=O) groups is 1. The number of hydrogen-bond acceptors (Lipinski definition) is 3. The van der Waals surface area contributed by atoms with Crippen LogP contribution in [0, 0.1) is 5.82 Å². The van der Waals surface area contributed by atoms with Crippen LogP contribution in [-0.2, 0) is 22.5 Å². The average Bonchev–Trinajstić information content (AvgIpc) is 2.67. The monoisotopic (exact) mass is 340 g/mol. The topological polar surface area (TPSA) is 41.6 Å². The summed E-state index contributed by atoms with van der Waals surface area (Å²) in [6, 6.07) is 14.6. The minimum atomic E-state index is -0.408. The summed E-state index contributed by atoms with van der Waals surface area (Å²) in [6.07, 6.45) is 0.284. The van der Waals surface area contributed by atoms with Crippen molar-refractivity contribution >= 4 is 5.91 Å². The van der Waals surface area contributed by atoms with E-state index in [1.165, 1.54) is 17.2 Å². The Morgan fingerprint density at radius 1 is 1.12 bits per heavy atom. The van der Waals surface area contributed by atoms with Crippen LogP contribution in [0.25, 0.3) is 0 Å². The fourth-order valence-electron chi connectivity index (χ4n) is 3.62. The van der Waals surface area contributed by atoms with Crippen molar-refractivity contribution in [1.29, 1.82) is 0 Å². The van der Waals surface area contributed by atoms with Crippen LogP contribution in [0.4, 0.5) is 4.39 Å². The maximum absolute atomic E-state index is 14.0. The smallest absolute Gasteiger partial charge is 0.240 e. The molecule has 1 N–H and O–H groups in total. The molecule has 4 nitrogen and oxygen atoms in total. The molecule has 0 spiro atoms. The van der Waals surface area contributed by atoms with Gasteiger partial charge < -0.3 is 15.0 Å². The zero-order valence-electron chi connectivity index (χ0n) is 14.0. The number of amides is 1. The summed E-state index contributed by atoms with van der Waals surface area (Å²) in [6.45, 7) is 2.06. The molecule has 2 atom stereocenters. The van der Waals surface area contributed by atoms with Crippen LogP contribution in [0.1, 0.15) is 22.8 Å². The second-order valence-corrected chi connectivity index (χ2v) is 6.57. The lowest BCUT2D eigenvalue weighted by atomic mass is 9.95. The highest BCUT2D eigenvalue weighted by Gasteiger charge is 2.32. The first-order valence-corrected chi connectivity index (χ1v) is 8.67. The van der Waals surface area contributed by atoms with Gasteiger partial charge in [-0.3, -0.25) is 4.79 Å². The van der Waals surface area contributed by atoms with E-state index in [1.54, 1.807) is 23.1 Å². The van der Waals surface area contributed by atoms with Crippen molar-refractivity contribution in [2.75, 3.05) is 19.7 Å². The normalized spacial score (nSPS) is 23.2. The third kappa shape index (κ3) is 3.30. The van der Waals surface area contributed by atoms with Crippen LogP contribution in [0.5, 0.6) is 0 Å². The van der Waals surface area contributed by atoms with E-state index in [-0.39, 0.29) is 17.8 Å². The highest BCUT2D eigenvalue weighted by Crippen LogP contribution is 2.26. The summed E-state index contributed by atoms with van der Waals surface area (Å²) in [5.41, 5.74) is 2.98.